The molecule has 10 heteroatoms. The highest BCUT2D eigenvalue weighted by Crippen LogP contribution is 2.35. The summed E-state index contributed by atoms with van der Waals surface area (Å²) in [5, 5.41) is 6.17. The molecule has 0 radical (unpaired) electrons. The maximum atomic E-state index is 13.4. The summed E-state index contributed by atoms with van der Waals surface area (Å²) in [6.07, 6.45) is 4.29. The molecule has 7 nitrogen and oxygen atoms in total. The molecule has 0 atom stereocenters. The largest absolute Gasteiger partial charge is 0.383 e. The predicted molar refractivity (Wildman–Crippen MR) is 127 cm³/mol. The van der Waals surface area contributed by atoms with Crippen molar-refractivity contribution in [3.05, 3.63) is 55.9 Å². The molecule has 0 aliphatic heterocycles. The highest BCUT2D eigenvalue weighted by Gasteiger charge is 2.22. The first kappa shape index (κ1) is 21.6. The van der Waals surface area contributed by atoms with Gasteiger partial charge in [0.25, 0.3) is 11.4 Å². The molecular formula is C22H21ClN4O3S2. The highest BCUT2D eigenvalue weighted by atomic mass is 35.5. The fourth-order valence-corrected chi connectivity index (χ4v) is 6.16. The van der Waals surface area contributed by atoms with Crippen LogP contribution in [0.25, 0.3) is 21.7 Å². The maximum Gasteiger partial charge on any atom is 0.263 e. The van der Waals surface area contributed by atoms with Crippen molar-refractivity contribution < 1.29 is 9.26 Å². The molecule has 0 bridgehead atoms. The zero-order chi connectivity index (χ0) is 22.1. The highest BCUT2D eigenvalue weighted by molar-refractivity contribution is 7.98. The molecule has 1 aliphatic rings. The van der Waals surface area contributed by atoms with Crippen LogP contribution >= 0.6 is 34.7 Å². The van der Waals surface area contributed by atoms with E-state index < -0.39 is 0 Å². The van der Waals surface area contributed by atoms with Gasteiger partial charge in [-0.1, -0.05) is 28.5 Å². The number of thiophene rings is 1. The smallest absolute Gasteiger partial charge is 0.263 e. The van der Waals surface area contributed by atoms with E-state index >= 15 is 0 Å². The molecule has 0 saturated heterocycles. The number of thioether (sulfide) groups is 1. The van der Waals surface area contributed by atoms with Gasteiger partial charge in [0.2, 0.25) is 0 Å². The SMILES string of the molecule is COCCn1c(SCc2noc(-c3ccc(Cl)cc3)n2)nc2sc3c(c2c1=O)CCCC3. The zero-order valence-electron chi connectivity index (χ0n) is 17.5. The number of aromatic nitrogens is 4. The monoisotopic (exact) mass is 488 g/mol. The van der Waals surface area contributed by atoms with E-state index in [-0.39, 0.29) is 5.56 Å². The molecule has 32 heavy (non-hydrogen) atoms. The average molecular weight is 489 g/mol. The predicted octanol–water partition coefficient (Wildman–Crippen LogP) is 4.98. The lowest BCUT2D eigenvalue weighted by molar-refractivity contribution is 0.183. The van der Waals surface area contributed by atoms with Gasteiger partial charge >= 0.3 is 0 Å². The van der Waals surface area contributed by atoms with E-state index in [9.17, 15) is 4.79 Å². The number of aryl methyl sites for hydroxylation is 2. The van der Waals surface area contributed by atoms with Crippen LogP contribution in [-0.2, 0) is 29.9 Å². The third kappa shape index (κ3) is 4.22. The van der Waals surface area contributed by atoms with Gasteiger partial charge in [-0.05, 0) is 55.5 Å². The minimum atomic E-state index is 0.0175. The number of ether oxygens (including phenoxy) is 1. The molecule has 0 unspecified atom stereocenters. The lowest BCUT2D eigenvalue weighted by Crippen LogP contribution is -2.25. The van der Waals surface area contributed by atoms with Crippen LogP contribution in [0.4, 0.5) is 0 Å². The number of halogens is 1. The lowest BCUT2D eigenvalue weighted by Gasteiger charge is -2.12. The second kappa shape index (κ2) is 9.35. The van der Waals surface area contributed by atoms with Crippen molar-refractivity contribution >= 4 is 44.9 Å². The van der Waals surface area contributed by atoms with Gasteiger partial charge in [0.15, 0.2) is 11.0 Å². The Hall–Kier alpha value is -2.20. The molecule has 1 aliphatic carbocycles. The first-order chi connectivity index (χ1) is 15.6. The summed E-state index contributed by atoms with van der Waals surface area (Å²) in [6, 6.07) is 7.24. The van der Waals surface area contributed by atoms with Crippen molar-refractivity contribution in [3.63, 3.8) is 0 Å². The van der Waals surface area contributed by atoms with Crippen LogP contribution in [0.2, 0.25) is 5.02 Å². The van der Waals surface area contributed by atoms with E-state index in [1.807, 2.05) is 12.1 Å². The van der Waals surface area contributed by atoms with Crippen molar-refractivity contribution in [2.75, 3.05) is 13.7 Å². The van der Waals surface area contributed by atoms with Gasteiger partial charge in [0, 0.05) is 22.6 Å². The van der Waals surface area contributed by atoms with Crippen molar-refractivity contribution in [2.24, 2.45) is 0 Å². The van der Waals surface area contributed by atoms with E-state index in [1.165, 1.54) is 28.6 Å². The molecule has 0 saturated carbocycles. The molecule has 166 valence electrons. The average Bonchev–Trinajstić information content (AvgIpc) is 3.42. The molecular weight excluding hydrogens is 468 g/mol. The van der Waals surface area contributed by atoms with Gasteiger partial charge in [-0.15, -0.1) is 11.3 Å². The molecule has 0 spiro atoms. The van der Waals surface area contributed by atoms with Crippen LogP contribution in [0.15, 0.2) is 38.7 Å². The van der Waals surface area contributed by atoms with Gasteiger partial charge in [-0.2, -0.15) is 4.98 Å². The Balaban J connectivity index is 1.44. The topological polar surface area (TPSA) is 83.0 Å². The van der Waals surface area contributed by atoms with Gasteiger partial charge in [0.1, 0.15) is 4.83 Å². The third-order valence-corrected chi connectivity index (χ3v) is 7.86. The van der Waals surface area contributed by atoms with E-state index in [1.54, 1.807) is 35.1 Å². The Kier molecular flexibility index (Phi) is 6.32. The molecule has 3 heterocycles. The number of nitrogens with zero attached hydrogens (tertiary/aromatic N) is 4. The standard InChI is InChI=1S/C22H21ClN4O3S2/c1-29-11-10-27-21(28)18-15-4-2-3-5-16(15)32-20(18)25-22(27)31-12-17-24-19(30-26-17)13-6-8-14(23)9-7-13/h6-9H,2-5,10-12H2,1H3. The van der Waals surface area contributed by atoms with Crippen molar-refractivity contribution in [3.8, 4) is 11.5 Å². The van der Waals surface area contributed by atoms with Gasteiger partial charge in [-0.3, -0.25) is 9.36 Å². The summed E-state index contributed by atoms with van der Waals surface area (Å²) in [5.74, 6) is 1.41. The fourth-order valence-electron chi connectivity index (χ4n) is 3.86. The van der Waals surface area contributed by atoms with Crippen LogP contribution in [0, 0.1) is 0 Å². The normalized spacial score (nSPS) is 13.6. The number of methoxy groups -OCH3 is 1. The van der Waals surface area contributed by atoms with Gasteiger partial charge in [-0.25, -0.2) is 4.98 Å². The summed E-state index contributed by atoms with van der Waals surface area (Å²) in [4.78, 5) is 24.9. The van der Waals surface area contributed by atoms with Gasteiger partial charge in [0.05, 0.1) is 24.3 Å². The number of fused-ring (bicyclic) bond motifs is 3. The quantitative estimate of drug-likeness (QED) is 0.268. The number of hydrogen-bond donors (Lipinski definition) is 0. The van der Waals surface area contributed by atoms with E-state index in [4.69, 9.17) is 25.8 Å². The molecule has 0 N–H and O–H groups in total. The second-order valence-electron chi connectivity index (χ2n) is 7.55. The number of benzene rings is 1. The van der Waals surface area contributed by atoms with Gasteiger partial charge < -0.3 is 9.26 Å². The van der Waals surface area contributed by atoms with Crippen LogP contribution < -0.4 is 5.56 Å². The fraction of sp³-hybridized carbons (Fsp3) is 0.364. The summed E-state index contributed by atoms with van der Waals surface area (Å²) in [7, 11) is 1.63. The summed E-state index contributed by atoms with van der Waals surface area (Å²) < 4.78 is 12.4. The van der Waals surface area contributed by atoms with Crippen LogP contribution in [0.5, 0.6) is 0 Å². The third-order valence-electron chi connectivity index (χ3n) is 5.45. The summed E-state index contributed by atoms with van der Waals surface area (Å²) >= 11 is 9.04. The molecule has 0 amide bonds. The van der Waals surface area contributed by atoms with Crippen LogP contribution in [-0.4, -0.2) is 33.4 Å². The molecule has 3 aromatic heterocycles. The Morgan fingerprint density at radius 2 is 2.03 bits per heavy atom. The van der Waals surface area contributed by atoms with Crippen LogP contribution in [0.3, 0.4) is 0 Å². The van der Waals surface area contributed by atoms with Crippen molar-refractivity contribution in [1.82, 2.24) is 19.7 Å². The first-order valence-corrected chi connectivity index (χ1v) is 12.6. The Bertz CT molecular complexity index is 1310. The molecule has 1 aromatic carbocycles. The zero-order valence-corrected chi connectivity index (χ0v) is 19.9. The summed E-state index contributed by atoms with van der Waals surface area (Å²) in [5.41, 5.74) is 2.02. The second-order valence-corrected chi connectivity index (χ2v) is 10.0. The molecule has 0 fully saturated rings. The minimum Gasteiger partial charge on any atom is -0.383 e. The molecule has 5 rings (SSSR count). The Morgan fingerprint density at radius 3 is 2.84 bits per heavy atom. The summed E-state index contributed by atoms with van der Waals surface area (Å²) in [6.45, 7) is 0.892. The molecule has 4 aromatic rings. The first-order valence-electron chi connectivity index (χ1n) is 10.4. The Morgan fingerprint density at radius 1 is 1.22 bits per heavy atom. The van der Waals surface area contributed by atoms with E-state index in [0.29, 0.717) is 40.8 Å². The van der Waals surface area contributed by atoms with Crippen molar-refractivity contribution in [2.45, 2.75) is 43.1 Å². The van der Waals surface area contributed by atoms with E-state index in [2.05, 4.69) is 10.1 Å². The number of hydrogen-bond acceptors (Lipinski definition) is 8. The lowest BCUT2D eigenvalue weighted by atomic mass is 9.97. The Labute approximate surface area is 197 Å². The van der Waals surface area contributed by atoms with E-state index in [0.717, 1.165) is 35.0 Å². The maximum absolute atomic E-state index is 13.4. The van der Waals surface area contributed by atoms with Crippen LogP contribution in [0.1, 0.15) is 29.1 Å². The minimum absolute atomic E-state index is 0.0175. The number of rotatable bonds is 7. The van der Waals surface area contributed by atoms with Crippen molar-refractivity contribution in [1.29, 1.82) is 0 Å².